The molecular formula is C23H23F3N4O3. The van der Waals surface area contributed by atoms with Crippen LogP contribution in [-0.2, 0) is 6.42 Å². The maximum absolute atomic E-state index is 12.9. The van der Waals surface area contributed by atoms with Crippen LogP contribution in [0.2, 0.25) is 0 Å². The summed E-state index contributed by atoms with van der Waals surface area (Å²) in [4.78, 5) is 20.3. The summed E-state index contributed by atoms with van der Waals surface area (Å²) >= 11 is 0. The summed E-state index contributed by atoms with van der Waals surface area (Å²) in [5, 5.41) is 9.23. The van der Waals surface area contributed by atoms with Gasteiger partial charge in [-0.3, -0.25) is 9.20 Å². The van der Waals surface area contributed by atoms with Gasteiger partial charge < -0.3 is 19.6 Å². The number of rotatable bonds is 5. The number of hydrogen-bond donors (Lipinski definition) is 1. The van der Waals surface area contributed by atoms with Gasteiger partial charge in [0.05, 0.1) is 24.6 Å². The number of carbonyl (C=O) groups excluding carboxylic acids is 1. The van der Waals surface area contributed by atoms with Gasteiger partial charge in [0.2, 0.25) is 0 Å². The molecule has 3 aromatic rings. The number of fused-ring (bicyclic) bond motifs is 2. The fourth-order valence-electron chi connectivity index (χ4n) is 4.58. The Balaban J connectivity index is 1.48. The molecule has 174 valence electrons. The number of aliphatic hydroxyl groups excluding tert-OH is 1. The van der Waals surface area contributed by atoms with Crippen LogP contribution < -0.4 is 9.64 Å². The number of methoxy groups -OCH3 is 1. The summed E-state index contributed by atoms with van der Waals surface area (Å²) in [7, 11) is 1.41. The average Bonchev–Trinajstić information content (AvgIpc) is 3.17. The second-order valence-electron chi connectivity index (χ2n) is 8.51. The molecule has 33 heavy (non-hydrogen) atoms. The normalized spacial score (nSPS) is 16.8. The SMILES string of the molecule is COc1cc(-c2cnc3cc(N4CC(CO)C4)ccn23)cc2c1C(=O)N(CC(F)(F)F)CC2. The molecule has 0 radical (unpaired) electrons. The minimum absolute atomic E-state index is 0.000861. The number of halogens is 3. The first kappa shape index (κ1) is 21.6. The number of imidazole rings is 1. The van der Waals surface area contributed by atoms with Crippen molar-refractivity contribution in [1.29, 1.82) is 0 Å². The number of benzene rings is 1. The number of anilines is 1. The molecule has 5 rings (SSSR count). The second kappa shape index (κ2) is 7.95. The third-order valence-electron chi connectivity index (χ3n) is 6.30. The minimum atomic E-state index is -4.45. The molecule has 1 fully saturated rings. The van der Waals surface area contributed by atoms with Gasteiger partial charge in [-0.25, -0.2) is 4.98 Å². The lowest BCUT2D eigenvalue weighted by molar-refractivity contribution is -0.141. The molecular weight excluding hydrogens is 437 g/mol. The molecule has 0 spiro atoms. The Morgan fingerprint density at radius 3 is 2.73 bits per heavy atom. The van der Waals surface area contributed by atoms with Crippen molar-refractivity contribution in [1.82, 2.24) is 14.3 Å². The van der Waals surface area contributed by atoms with Crippen LogP contribution in [0.25, 0.3) is 16.9 Å². The van der Waals surface area contributed by atoms with E-state index in [1.54, 1.807) is 12.3 Å². The molecule has 1 N–H and O–H groups in total. The fraction of sp³-hybridized carbons (Fsp3) is 0.391. The van der Waals surface area contributed by atoms with Crippen LogP contribution in [0.1, 0.15) is 15.9 Å². The van der Waals surface area contributed by atoms with E-state index in [1.165, 1.54) is 7.11 Å². The van der Waals surface area contributed by atoms with E-state index in [-0.39, 0.29) is 24.5 Å². The Morgan fingerprint density at radius 1 is 1.24 bits per heavy atom. The van der Waals surface area contributed by atoms with Gasteiger partial charge in [-0.1, -0.05) is 0 Å². The van der Waals surface area contributed by atoms with Crippen molar-refractivity contribution in [3.05, 3.63) is 47.8 Å². The highest BCUT2D eigenvalue weighted by molar-refractivity contribution is 6.00. The molecule has 1 aromatic carbocycles. The van der Waals surface area contributed by atoms with Gasteiger partial charge in [-0.15, -0.1) is 0 Å². The first-order valence-corrected chi connectivity index (χ1v) is 10.7. The van der Waals surface area contributed by atoms with Crippen molar-refractivity contribution in [2.45, 2.75) is 12.6 Å². The fourth-order valence-corrected chi connectivity index (χ4v) is 4.58. The van der Waals surface area contributed by atoms with Crippen LogP contribution in [0.3, 0.4) is 0 Å². The van der Waals surface area contributed by atoms with Crippen LogP contribution in [-0.4, -0.2) is 71.4 Å². The van der Waals surface area contributed by atoms with E-state index in [4.69, 9.17) is 4.74 Å². The van der Waals surface area contributed by atoms with E-state index in [1.807, 2.05) is 28.8 Å². The lowest BCUT2D eigenvalue weighted by Gasteiger charge is -2.40. The van der Waals surface area contributed by atoms with E-state index < -0.39 is 18.6 Å². The van der Waals surface area contributed by atoms with Crippen LogP contribution in [0.4, 0.5) is 18.9 Å². The van der Waals surface area contributed by atoms with Gasteiger partial charge in [0, 0.05) is 55.7 Å². The highest BCUT2D eigenvalue weighted by Crippen LogP contribution is 2.35. The third-order valence-corrected chi connectivity index (χ3v) is 6.30. The molecule has 0 unspecified atom stereocenters. The van der Waals surface area contributed by atoms with Crippen molar-refractivity contribution in [2.24, 2.45) is 5.92 Å². The molecule has 2 aliphatic rings. The van der Waals surface area contributed by atoms with Crippen molar-refractivity contribution in [3.8, 4) is 17.0 Å². The molecule has 7 nitrogen and oxygen atoms in total. The number of hydrogen-bond acceptors (Lipinski definition) is 5. The van der Waals surface area contributed by atoms with Crippen LogP contribution in [0.15, 0.2) is 36.7 Å². The quantitative estimate of drug-likeness (QED) is 0.634. The minimum Gasteiger partial charge on any atom is -0.496 e. The molecule has 0 atom stereocenters. The largest absolute Gasteiger partial charge is 0.496 e. The maximum atomic E-state index is 12.9. The standard InChI is InChI=1S/C23H23F3N4O3/c1-33-19-7-16(6-15-2-4-28(13-23(24,25)26)22(32)21(15)19)18-9-27-20-8-17(3-5-30(18)20)29-10-14(11-29)12-31/h3,5-9,14,31H,2,4,10-13H2,1H3. The van der Waals surface area contributed by atoms with Gasteiger partial charge in [-0.2, -0.15) is 13.2 Å². The molecule has 1 saturated heterocycles. The van der Waals surface area contributed by atoms with Crippen molar-refractivity contribution >= 4 is 17.2 Å². The highest BCUT2D eigenvalue weighted by atomic mass is 19.4. The summed E-state index contributed by atoms with van der Waals surface area (Å²) in [6, 6.07) is 7.47. The lowest BCUT2D eigenvalue weighted by atomic mass is 9.94. The number of aliphatic hydroxyl groups is 1. The van der Waals surface area contributed by atoms with Crippen LogP contribution in [0.5, 0.6) is 5.75 Å². The Hall–Kier alpha value is -3.27. The van der Waals surface area contributed by atoms with E-state index in [0.29, 0.717) is 17.9 Å². The second-order valence-corrected chi connectivity index (χ2v) is 8.51. The molecule has 4 heterocycles. The number of ether oxygens (including phenoxy) is 1. The zero-order chi connectivity index (χ0) is 23.3. The van der Waals surface area contributed by atoms with Crippen molar-refractivity contribution < 1.29 is 27.8 Å². The number of alkyl halides is 3. The molecule has 10 heteroatoms. The predicted molar refractivity (Wildman–Crippen MR) is 116 cm³/mol. The molecule has 0 aliphatic carbocycles. The monoisotopic (exact) mass is 460 g/mol. The Morgan fingerprint density at radius 2 is 2.03 bits per heavy atom. The van der Waals surface area contributed by atoms with E-state index >= 15 is 0 Å². The Bertz CT molecular complexity index is 1200. The zero-order valence-corrected chi connectivity index (χ0v) is 18.0. The summed E-state index contributed by atoms with van der Waals surface area (Å²) < 4.78 is 45.9. The smallest absolute Gasteiger partial charge is 0.406 e. The van der Waals surface area contributed by atoms with Gasteiger partial charge in [0.15, 0.2) is 0 Å². The first-order valence-electron chi connectivity index (χ1n) is 10.7. The summed E-state index contributed by atoms with van der Waals surface area (Å²) in [5.41, 5.74) is 4.19. The number of pyridine rings is 1. The number of aromatic nitrogens is 2. The van der Waals surface area contributed by atoms with E-state index in [9.17, 15) is 23.1 Å². The lowest BCUT2D eigenvalue weighted by Crippen LogP contribution is -2.48. The highest BCUT2D eigenvalue weighted by Gasteiger charge is 2.37. The Kier molecular flexibility index (Phi) is 5.19. The number of amides is 1. The van der Waals surface area contributed by atoms with E-state index in [2.05, 4.69) is 9.88 Å². The number of nitrogens with zero attached hydrogens (tertiary/aromatic N) is 4. The molecule has 1 amide bonds. The van der Waals surface area contributed by atoms with Crippen LogP contribution >= 0.6 is 0 Å². The Labute approximate surface area is 188 Å². The summed E-state index contributed by atoms with van der Waals surface area (Å²) in [6.45, 7) is 0.521. The van der Waals surface area contributed by atoms with Crippen molar-refractivity contribution in [2.75, 3.05) is 44.8 Å². The summed E-state index contributed by atoms with van der Waals surface area (Å²) in [6.07, 6.45) is -0.497. The van der Waals surface area contributed by atoms with Gasteiger partial charge >= 0.3 is 6.18 Å². The van der Waals surface area contributed by atoms with E-state index in [0.717, 1.165) is 40.6 Å². The molecule has 0 bridgehead atoms. The zero-order valence-electron chi connectivity index (χ0n) is 18.0. The van der Waals surface area contributed by atoms with Crippen LogP contribution in [0, 0.1) is 5.92 Å². The van der Waals surface area contributed by atoms with Gasteiger partial charge in [-0.05, 0) is 30.2 Å². The first-order chi connectivity index (χ1) is 15.8. The molecule has 2 aromatic heterocycles. The maximum Gasteiger partial charge on any atom is 0.406 e. The van der Waals surface area contributed by atoms with Gasteiger partial charge in [0.25, 0.3) is 5.91 Å². The molecule has 0 saturated carbocycles. The topological polar surface area (TPSA) is 70.3 Å². The molecule has 2 aliphatic heterocycles. The van der Waals surface area contributed by atoms with Crippen molar-refractivity contribution in [3.63, 3.8) is 0 Å². The third kappa shape index (κ3) is 3.88. The van der Waals surface area contributed by atoms with Gasteiger partial charge in [0.1, 0.15) is 17.9 Å². The summed E-state index contributed by atoms with van der Waals surface area (Å²) in [5.74, 6) is -0.119. The number of carbonyl (C=O) groups is 1. The predicted octanol–water partition coefficient (Wildman–Crippen LogP) is 3.00. The average molecular weight is 460 g/mol.